The number of anilines is 1. The fraction of sp³-hybridized carbons (Fsp3) is 0.269. The number of para-hydroxylation sites is 1. The van der Waals surface area contributed by atoms with Crippen LogP contribution in [0.4, 0.5) is 5.00 Å². The highest BCUT2D eigenvalue weighted by Crippen LogP contribution is 2.40. The third-order valence-corrected chi connectivity index (χ3v) is 6.87. The minimum absolute atomic E-state index is 0.127. The molecule has 1 aliphatic heterocycles. The van der Waals surface area contributed by atoms with Crippen molar-refractivity contribution in [1.82, 2.24) is 4.90 Å². The lowest BCUT2D eigenvalue weighted by Gasteiger charge is -2.27. The quantitative estimate of drug-likeness (QED) is 0.568. The molecule has 0 bridgehead atoms. The standard InChI is InChI=1S/C26H25N3O4S/c1-17-22(26(31)29-12-14-32-15-13-29)25(34-23(17)19-8-4-3-5-9-19)28-24(30)18(2)33-21-11-7-6-10-20(21)16-27/h3-11,18H,12-15H2,1-2H3,(H,28,30). The number of hydrogen-bond donors (Lipinski definition) is 1. The molecule has 174 valence electrons. The lowest BCUT2D eigenvalue weighted by atomic mass is 10.1. The molecular weight excluding hydrogens is 450 g/mol. The van der Waals surface area contributed by atoms with Crippen molar-refractivity contribution in [1.29, 1.82) is 5.26 Å². The zero-order valence-electron chi connectivity index (χ0n) is 19.0. The van der Waals surface area contributed by atoms with Crippen molar-refractivity contribution in [2.45, 2.75) is 20.0 Å². The van der Waals surface area contributed by atoms with Crippen molar-refractivity contribution in [2.24, 2.45) is 0 Å². The summed E-state index contributed by atoms with van der Waals surface area (Å²) in [6, 6.07) is 18.6. The van der Waals surface area contributed by atoms with E-state index in [4.69, 9.17) is 9.47 Å². The van der Waals surface area contributed by atoms with Crippen LogP contribution >= 0.6 is 11.3 Å². The molecule has 2 heterocycles. The zero-order valence-corrected chi connectivity index (χ0v) is 19.9. The van der Waals surface area contributed by atoms with Crippen LogP contribution < -0.4 is 10.1 Å². The average molecular weight is 476 g/mol. The number of thiophene rings is 1. The first-order valence-corrected chi connectivity index (χ1v) is 11.8. The Morgan fingerprint density at radius 2 is 1.79 bits per heavy atom. The van der Waals surface area contributed by atoms with Gasteiger partial charge < -0.3 is 19.7 Å². The van der Waals surface area contributed by atoms with Crippen molar-refractivity contribution >= 4 is 28.2 Å². The molecule has 34 heavy (non-hydrogen) atoms. The monoisotopic (exact) mass is 475 g/mol. The fourth-order valence-electron chi connectivity index (χ4n) is 3.77. The molecule has 1 saturated heterocycles. The SMILES string of the molecule is Cc1c(-c2ccccc2)sc(NC(=O)C(C)Oc2ccccc2C#N)c1C(=O)N1CCOCC1. The number of benzene rings is 2. The van der Waals surface area contributed by atoms with Crippen LogP contribution in [0.1, 0.15) is 28.4 Å². The van der Waals surface area contributed by atoms with Gasteiger partial charge in [-0.1, -0.05) is 42.5 Å². The Morgan fingerprint density at radius 3 is 2.50 bits per heavy atom. The molecule has 1 atom stereocenters. The van der Waals surface area contributed by atoms with Crippen LogP contribution in [-0.4, -0.2) is 49.1 Å². The third-order valence-electron chi connectivity index (χ3n) is 5.61. The van der Waals surface area contributed by atoms with Crippen LogP contribution in [0.2, 0.25) is 0 Å². The Morgan fingerprint density at radius 1 is 1.12 bits per heavy atom. The highest BCUT2D eigenvalue weighted by Gasteiger charge is 2.29. The fourth-order valence-corrected chi connectivity index (χ4v) is 4.98. The average Bonchev–Trinajstić information content (AvgIpc) is 3.20. The van der Waals surface area contributed by atoms with Gasteiger partial charge in [0.2, 0.25) is 0 Å². The number of carbonyl (C=O) groups is 2. The van der Waals surface area contributed by atoms with Gasteiger partial charge in [0.05, 0.1) is 24.3 Å². The molecule has 0 aliphatic carbocycles. The van der Waals surface area contributed by atoms with Crippen molar-refractivity contribution in [3.63, 3.8) is 0 Å². The van der Waals surface area contributed by atoms with E-state index < -0.39 is 12.0 Å². The number of hydrogen-bond acceptors (Lipinski definition) is 6. The molecule has 1 aliphatic rings. The van der Waals surface area contributed by atoms with Gasteiger partial charge >= 0.3 is 0 Å². The van der Waals surface area contributed by atoms with Gasteiger partial charge in [-0.3, -0.25) is 9.59 Å². The molecule has 1 N–H and O–H groups in total. The van der Waals surface area contributed by atoms with E-state index in [-0.39, 0.29) is 5.91 Å². The summed E-state index contributed by atoms with van der Waals surface area (Å²) >= 11 is 1.37. The summed E-state index contributed by atoms with van der Waals surface area (Å²) < 4.78 is 11.2. The molecule has 8 heteroatoms. The summed E-state index contributed by atoms with van der Waals surface area (Å²) in [6.45, 7) is 5.52. The predicted molar refractivity (Wildman–Crippen MR) is 131 cm³/mol. The number of nitrogens with zero attached hydrogens (tertiary/aromatic N) is 2. The number of rotatable bonds is 6. The normalized spacial score (nSPS) is 14.2. The second-order valence-corrected chi connectivity index (χ2v) is 8.91. The number of carbonyl (C=O) groups excluding carboxylic acids is 2. The Hall–Kier alpha value is -3.67. The van der Waals surface area contributed by atoms with Crippen molar-refractivity contribution in [2.75, 3.05) is 31.6 Å². The van der Waals surface area contributed by atoms with E-state index in [1.54, 1.807) is 36.1 Å². The van der Waals surface area contributed by atoms with Crippen molar-refractivity contribution < 1.29 is 19.1 Å². The molecule has 4 rings (SSSR count). The van der Waals surface area contributed by atoms with Crippen LogP contribution in [0.5, 0.6) is 5.75 Å². The largest absolute Gasteiger partial charge is 0.480 e. The highest BCUT2D eigenvalue weighted by molar-refractivity contribution is 7.20. The first-order chi connectivity index (χ1) is 16.5. The Labute approximate surface area is 202 Å². The van der Waals surface area contributed by atoms with Gasteiger partial charge in [-0.2, -0.15) is 5.26 Å². The number of amides is 2. The van der Waals surface area contributed by atoms with Gasteiger partial charge in [0, 0.05) is 18.0 Å². The lowest BCUT2D eigenvalue weighted by Crippen LogP contribution is -2.41. The number of morpholine rings is 1. The van der Waals surface area contributed by atoms with E-state index in [9.17, 15) is 14.9 Å². The van der Waals surface area contributed by atoms with E-state index in [2.05, 4.69) is 11.4 Å². The second kappa shape index (κ2) is 10.5. The number of nitriles is 1. The van der Waals surface area contributed by atoms with Crippen LogP contribution in [0, 0.1) is 18.3 Å². The Bertz CT molecular complexity index is 1230. The van der Waals surface area contributed by atoms with Gasteiger partial charge in [-0.15, -0.1) is 11.3 Å². The number of nitrogens with one attached hydrogen (secondary N) is 1. The summed E-state index contributed by atoms with van der Waals surface area (Å²) in [5, 5.41) is 12.7. The summed E-state index contributed by atoms with van der Waals surface area (Å²) in [7, 11) is 0. The summed E-state index contributed by atoms with van der Waals surface area (Å²) in [4.78, 5) is 29.2. The molecule has 2 amide bonds. The predicted octanol–water partition coefficient (Wildman–Crippen LogP) is 4.47. The molecule has 1 aromatic heterocycles. The zero-order chi connectivity index (χ0) is 24.1. The van der Waals surface area contributed by atoms with Crippen LogP contribution in [-0.2, 0) is 9.53 Å². The molecule has 7 nitrogen and oxygen atoms in total. The maximum Gasteiger partial charge on any atom is 0.265 e. The molecular formula is C26H25N3O4S. The van der Waals surface area contributed by atoms with E-state index in [0.29, 0.717) is 48.2 Å². The van der Waals surface area contributed by atoms with Crippen LogP contribution in [0.25, 0.3) is 10.4 Å². The van der Waals surface area contributed by atoms with E-state index >= 15 is 0 Å². The topological polar surface area (TPSA) is 91.7 Å². The van der Waals surface area contributed by atoms with E-state index in [0.717, 1.165) is 16.0 Å². The molecule has 0 saturated carbocycles. The molecule has 3 aromatic rings. The first kappa shape index (κ1) is 23.5. The summed E-state index contributed by atoms with van der Waals surface area (Å²) in [5.74, 6) is -0.188. The summed E-state index contributed by atoms with van der Waals surface area (Å²) in [6.07, 6.45) is -0.872. The van der Waals surface area contributed by atoms with Gasteiger partial charge in [-0.05, 0) is 37.1 Å². The maximum absolute atomic E-state index is 13.5. The minimum atomic E-state index is -0.872. The molecule has 0 radical (unpaired) electrons. The van der Waals surface area contributed by atoms with Crippen molar-refractivity contribution in [3.8, 4) is 22.3 Å². The number of ether oxygens (including phenoxy) is 2. The second-order valence-electron chi connectivity index (χ2n) is 7.89. The molecule has 0 spiro atoms. The molecule has 2 aromatic carbocycles. The first-order valence-electron chi connectivity index (χ1n) is 11.0. The van der Waals surface area contributed by atoms with Gasteiger partial charge in [-0.25, -0.2) is 0 Å². The van der Waals surface area contributed by atoms with Crippen LogP contribution in [0.15, 0.2) is 54.6 Å². The van der Waals surface area contributed by atoms with Gasteiger partial charge in [0.1, 0.15) is 16.8 Å². The smallest absolute Gasteiger partial charge is 0.265 e. The lowest BCUT2D eigenvalue weighted by molar-refractivity contribution is -0.122. The summed E-state index contributed by atoms with van der Waals surface area (Å²) in [5.41, 5.74) is 2.65. The molecule has 1 fully saturated rings. The minimum Gasteiger partial charge on any atom is -0.480 e. The van der Waals surface area contributed by atoms with Crippen molar-refractivity contribution in [3.05, 3.63) is 71.3 Å². The van der Waals surface area contributed by atoms with Gasteiger partial charge in [0.25, 0.3) is 11.8 Å². The Kier molecular flexibility index (Phi) is 7.26. The van der Waals surface area contributed by atoms with E-state index in [1.807, 2.05) is 37.3 Å². The Balaban J connectivity index is 1.63. The highest BCUT2D eigenvalue weighted by atomic mass is 32.1. The van der Waals surface area contributed by atoms with E-state index in [1.165, 1.54) is 11.3 Å². The third kappa shape index (κ3) is 4.96. The van der Waals surface area contributed by atoms with Crippen LogP contribution in [0.3, 0.4) is 0 Å². The molecule has 1 unspecified atom stereocenters. The maximum atomic E-state index is 13.5. The van der Waals surface area contributed by atoms with Gasteiger partial charge in [0.15, 0.2) is 6.10 Å².